The van der Waals surface area contributed by atoms with Crippen molar-refractivity contribution in [1.82, 2.24) is 4.98 Å². The van der Waals surface area contributed by atoms with E-state index in [2.05, 4.69) is 9.98 Å². The van der Waals surface area contributed by atoms with Gasteiger partial charge in [-0.25, -0.2) is 0 Å². The Kier molecular flexibility index (Phi) is 7.81. The molecule has 2 aromatic rings. The summed E-state index contributed by atoms with van der Waals surface area (Å²) in [6.07, 6.45) is 6.36. The lowest BCUT2D eigenvalue weighted by Gasteiger charge is -2.35. The Morgan fingerprint density at radius 1 is 1.27 bits per heavy atom. The number of hydrogen-bond acceptors (Lipinski definition) is 4. The van der Waals surface area contributed by atoms with E-state index in [0.717, 1.165) is 37.8 Å². The number of halogens is 3. The number of aliphatic imine (C=N–C) groups is 1. The molecule has 3 N–H and O–H groups in total. The summed E-state index contributed by atoms with van der Waals surface area (Å²) in [5.74, 6) is -0.317. The summed E-state index contributed by atoms with van der Waals surface area (Å²) in [4.78, 5) is 20.4. The standard InChI is InChI=1S/C27H28F3N5O2/c28-27(29,30)21-12-20(23(5-1-2-6-25(36)37)19-4-3-9-33-15-19)13-22(14-21)35(26(32)34-16-31)24-11-17-7-8-18(24)10-17/h3-5,9,12-15,17-18,24H,1-2,6-8,10-11H2,(H2,32,34)(H,36,37)/b23-5-. The number of alkyl halides is 3. The van der Waals surface area contributed by atoms with Crippen molar-refractivity contribution in [3.05, 3.63) is 65.5 Å². The zero-order valence-electron chi connectivity index (χ0n) is 20.2. The highest BCUT2D eigenvalue weighted by molar-refractivity contribution is 5.97. The number of nitrogens with zero attached hydrogens (tertiary/aromatic N) is 4. The van der Waals surface area contributed by atoms with Crippen molar-refractivity contribution in [2.24, 2.45) is 22.6 Å². The summed E-state index contributed by atoms with van der Waals surface area (Å²) >= 11 is 0. The lowest BCUT2D eigenvalue weighted by molar-refractivity contribution is -0.138. The Morgan fingerprint density at radius 3 is 2.68 bits per heavy atom. The Bertz CT molecular complexity index is 1240. The number of anilines is 1. The number of allylic oxidation sites excluding steroid dienone is 1. The number of carboxylic acid groups (broad SMARTS) is 1. The molecule has 7 nitrogen and oxygen atoms in total. The van der Waals surface area contributed by atoms with Crippen LogP contribution in [0.25, 0.3) is 5.57 Å². The van der Waals surface area contributed by atoms with Crippen LogP contribution >= 0.6 is 0 Å². The number of guanidine groups is 1. The van der Waals surface area contributed by atoms with Gasteiger partial charge in [-0.1, -0.05) is 18.6 Å². The number of aromatic nitrogens is 1. The van der Waals surface area contributed by atoms with Gasteiger partial charge in [0, 0.05) is 36.1 Å². The molecule has 2 aliphatic carbocycles. The maximum atomic E-state index is 14.1. The minimum Gasteiger partial charge on any atom is -0.481 e. The van der Waals surface area contributed by atoms with Gasteiger partial charge in [0.1, 0.15) is 0 Å². The fraction of sp³-hybridized carbons (Fsp3) is 0.407. The molecule has 1 aromatic carbocycles. The Labute approximate surface area is 213 Å². The molecule has 1 heterocycles. The fourth-order valence-electron chi connectivity index (χ4n) is 5.62. The quantitative estimate of drug-likeness (QED) is 0.207. The third-order valence-electron chi connectivity index (χ3n) is 7.19. The van der Waals surface area contributed by atoms with Gasteiger partial charge in [-0.15, -0.1) is 4.99 Å². The largest absolute Gasteiger partial charge is 0.481 e. The van der Waals surface area contributed by atoms with Crippen LogP contribution in [0.1, 0.15) is 61.6 Å². The number of nitriles is 1. The van der Waals surface area contributed by atoms with E-state index >= 15 is 0 Å². The molecule has 194 valence electrons. The SMILES string of the molecule is N#CN=C(N)N(c1cc(/C(=C\CCCC(=O)O)c2cccnc2)cc(C(F)(F)F)c1)C1CC2CCC1C2. The van der Waals surface area contributed by atoms with E-state index in [1.165, 1.54) is 0 Å². The molecule has 3 atom stereocenters. The number of unbranched alkanes of at least 4 members (excludes halogenated alkanes) is 1. The Balaban J connectivity index is 1.84. The summed E-state index contributed by atoms with van der Waals surface area (Å²) in [6, 6.07) is 7.06. The first-order valence-electron chi connectivity index (χ1n) is 12.2. The van der Waals surface area contributed by atoms with Gasteiger partial charge in [0.15, 0.2) is 0 Å². The van der Waals surface area contributed by atoms with E-state index in [-0.39, 0.29) is 30.0 Å². The van der Waals surface area contributed by atoms with Crippen LogP contribution in [-0.4, -0.2) is 28.1 Å². The highest BCUT2D eigenvalue weighted by atomic mass is 19.4. The summed E-state index contributed by atoms with van der Waals surface area (Å²) in [6.45, 7) is 0. The number of nitrogens with two attached hydrogens (primary N) is 1. The van der Waals surface area contributed by atoms with E-state index < -0.39 is 17.7 Å². The predicted molar refractivity (Wildman–Crippen MR) is 133 cm³/mol. The minimum atomic E-state index is -4.63. The number of aliphatic carboxylic acids is 1. The van der Waals surface area contributed by atoms with Crippen molar-refractivity contribution in [3.8, 4) is 6.19 Å². The van der Waals surface area contributed by atoms with Crippen molar-refractivity contribution >= 4 is 23.2 Å². The molecule has 0 spiro atoms. The van der Waals surface area contributed by atoms with Crippen molar-refractivity contribution < 1.29 is 23.1 Å². The van der Waals surface area contributed by atoms with Gasteiger partial charge in [0.2, 0.25) is 12.2 Å². The van der Waals surface area contributed by atoms with Crippen LogP contribution in [0.4, 0.5) is 18.9 Å². The second kappa shape index (κ2) is 11.0. The second-order valence-corrected chi connectivity index (χ2v) is 9.59. The highest BCUT2D eigenvalue weighted by Gasteiger charge is 2.44. The molecule has 37 heavy (non-hydrogen) atoms. The smallest absolute Gasteiger partial charge is 0.416 e. The average Bonchev–Trinajstić information content (AvgIpc) is 3.48. The average molecular weight is 512 g/mol. The molecule has 0 aliphatic heterocycles. The number of pyridine rings is 1. The maximum Gasteiger partial charge on any atom is 0.416 e. The number of carbonyl (C=O) groups is 1. The van der Waals surface area contributed by atoms with Gasteiger partial charge in [-0.05, 0) is 79.3 Å². The van der Waals surface area contributed by atoms with E-state index in [9.17, 15) is 18.0 Å². The van der Waals surface area contributed by atoms with Crippen LogP contribution in [0.5, 0.6) is 0 Å². The van der Waals surface area contributed by atoms with Crippen molar-refractivity contribution in [2.75, 3.05) is 4.90 Å². The first kappa shape index (κ1) is 26.2. The molecular formula is C27H28F3N5O2. The second-order valence-electron chi connectivity index (χ2n) is 9.59. The van der Waals surface area contributed by atoms with E-state index in [1.54, 1.807) is 47.8 Å². The molecule has 0 saturated heterocycles. The first-order valence-corrected chi connectivity index (χ1v) is 12.2. The predicted octanol–water partition coefficient (Wildman–Crippen LogP) is 5.58. The molecule has 0 radical (unpaired) electrons. The Hall–Kier alpha value is -3.87. The fourth-order valence-corrected chi connectivity index (χ4v) is 5.62. The normalized spacial score (nSPS) is 21.6. The maximum absolute atomic E-state index is 14.1. The molecule has 4 rings (SSSR count). The van der Waals surface area contributed by atoms with E-state index in [1.807, 2.05) is 0 Å². The monoisotopic (exact) mass is 511 g/mol. The van der Waals surface area contributed by atoms with Crippen molar-refractivity contribution in [2.45, 2.75) is 57.2 Å². The van der Waals surface area contributed by atoms with Gasteiger partial charge in [0.05, 0.1) is 5.56 Å². The topological polar surface area (TPSA) is 116 Å². The molecule has 2 bridgehead atoms. The van der Waals surface area contributed by atoms with Crippen LogP contribution < -0.4 is 10.6 Å². The van der Waals surface area contributed by atoms with Crippen LogP contribution in [-0.2, 0) is 11.0 Å². The molecule has 10 heteroatoms. The molecule has 3 unspecified atom stereocenters. The number of hydrogen-bond donors (Lipinski definition) is 2. The molecule has 0 amide bonds. The van der Waals surface area contributed by atoms with Crippen LogP contribution in [0.15, 0.2) is 53.8 Å². The summed E-state index contributed by atoms with van der Waals surface area (Å²) < 4.78 is 42.4. The third kappa shape index (κ3) is 6.10. The zero-order chi connectivity index (χ0) is 26.6. The number of carboxylic acids is 1. The van der Waals surface area contributed by atoms with Gasteiger partial charge >= 0.3 is 12.1 Å². The minimum absolute atomic E-state index is 0.0518. The molecule has 2 aliphatic rings. The van der Waals surface area contributed by atoms with E-state index in [4.69, 9.17) is 16.1 Å². The van der Waals surface area contributed by atoms with Crippen LogP contribution in [0, 0.1) is 23.3 Å². The summed E-state index contributed by atoms with van der Waals surface area (Å²) in [7, 11) is 0. The molecule has 1 aromatic heterocycles. The van der Waals surface area contributed by atoms with Crippen molar-refractivity contribution in [1.29, 1.82) is 5.26 Å². The molecule has 2 saturated carbocycles. The van der Waals surface area contributed by atoms with Gasteiger partial charge in [-0.3, -0.25) is 9.78 Å². The van der Waals surface area contributed by atoms with Crippen LogP contribution in [0.2, 0.25) is 0 Å². The van der Waals surface area contributed by atoms with Gasteiger partial charge in [0.25, 0.3) is 0 Å². The number of fused-ring (bicyclic) bond motifs is 2. The molecule has 2 fully saturated rings. The Morgan fingerprint density at radius 2 is 2.08 bits per heavy atom. The van der Waals surface area contributed by atoms with Gasteiger partial charge in [-0.2, -0.15) is 18.4 Å². The summed E-state index contributed by atoms with van der Waals surface area (Å²) in [5.41, 5.74) is 6.97. The van der Waals surface area contributed by atoms with Gasteiger partial charge < -0.3 is 15.7 Å². The lowest BCUT2D eigenvalue weighted by atomic mass is 9.92. The zero-order valence-corrected chi connectivity index (χ0v) is 20.2. The first-order chi connectivity index (χ1) is 17.7. The van der Waals surface area contributed by atoms with E-state index in [0.29, 0.717) is 35.5 Å². The number of benzene rings is 1. The lowest BCUT2D eigenvalue weighted by Crippen LogP contribution is -2.47. The number of rotatable bonds is 8. The van der Waals surface area contributed by atoms with Crippen molar-refractivity contribution in [3.63, 3.8) is 0 Å². The highest BCUT2D eigenvalue weighted by Crippen LogP contribution is 2.48. The summed E-state index contributed by atoms with van der Waals surface area (Å²) in [5, 5.41) is 18.1. The third-order valence-corrected chi connectivity index (χ3v) is 7.19. The van der Waals surface area contributed by atoms with Crippen LogP contribution in [0.3, 0.4) is 0 Å². The molecular weight excluding hydrogens is 483 g/mol.